The number of benzene rings is 1. The number of nitrogens with one attached hydrogen (secondary N) is 1. The summed E-state index contributed by atoms with van der Waals surface area (Å²) in [6, 6.07) is 8.58. The number of hydrogen-bond donors (Lipinski definition) is 1. The lowest BCUT2D eigenvalue weighted by atomic mass is 9.84. The number of piperidine rings is 1. The molecule has 2 heterocycles. The van der Waals surface area contributed by atoms with Gasteiger partial charge >= 0.3 is 24.3 Å². The van der Waals surface area contributed by atoms with Crippen molar-refractivity contribution in [3.05, 3.63) is 35.9 Å². The summed E-state index contributed by atoms with van der Waals surface area (Å²) in [6.45, 7) is 14.5. The van der Waals surface area contributed by atoms with Crippen molar-refractivity contribution in [1.82, 2.24) is 15.1 Å². The Hall–Kier alpha value is -2.98. The number of alkyl halides is 3. The molecule has 2 saturated heterocycles. The fourth-order valence-electron chi connectivity index (χ4n) is 5.60. The fourth-order valence-corrected chi connectivity index (χ4v) is 5.60. The summed E-state index contributed by atoms with van der Waals surface area (Å²) < 4.78 is 50.4. The Labute approximate surface area is 248 Å². The van der Waals surface area contributed by atoms with Crippen molar-refractivity contribution in [2.24, 2.45) is 11.8 Å². The highest BCUT2D eigenvalue weighted by Gasteiger charge is 2.44. The lowest BCUT2D eigenvalue weighted by Gasteiger charge is -2.36. The molecule has 0 bridgehead atoms. The molecule has 0 aliphatic carbocycles. The normalized spacial score (nSPS) is 19.8. The maximum absolute atomic E-state index is 13.1. The van der Waals surface area contributed by atoms with Crippen LogP contribution in [-0.2, 0) is 20.9 Å². The molecule has 2 fully saturated rings. The molecule has 11 heteroatoms. The second-order valence-corrected chi connectivity index (χ2v) is 12.5. The van der Waals surface area contributed by atoms with Crippen LogP contribution in [0, 0.1) is 11.8 Å². The first-order valence-corrected chi connectivity index (χ1v) is 14.9. The van der Waals surface area contributed by atoms with Gasteiger partial charge in [0.15, 0.2) is 0 Å². The van der Waals surface area contributed by atoms with E-state index in [2.05, 4.69) is 5.32 Å². The van der Waals surface area contributed by atoms with Gasteiger partial charge in [0.2, 0.25) is 0 Å². The van der Waals surface area contributed by atoms with Crippen LogP contribution in [0.5, 0.6) is 0 Å². The molecule has 0 saturated carbocycles. The van der Waals surface area contributed by atoms with Crippen LogP contribution in [0.1, 0.15) is 86.1 Å². The zero-order valence-electron chi connectivity index (χ0n) is 26.1. The Kier molecular flexibility index (Phi) is 12.5. The van der Waals surface area contributed by atoms with Crippen molar-refractivity contribution in [1.29, 1.82) is 0 Å². The topological polar surface area (TPSA) is 88.2 Å². The van der Waals surface area contributed by atoms with Gasteiger partial charge in [-0.15, -0.1) is 0 Å². The maximum Gasteiger partial charge on any atom is 0.471 e. The highest BCUT2D eigenvalue weighted by atomic mass is 19.4. The van der Waals surface area contributed by atoms with E-state index < -0.39 is 41.5 Å². The minimum atomic E-state index is -4.98. The molecular weight excluding hydrogens is 551 g/mol. The summed E-state index contributed by atoms with van der Waals surface area (Å²) in [5, 5.41) is 2.22. The van der Waals surface area contributed by atoms with Crippen molar-refractivity contribution in [3.8, 4) is 0 Å². The Balaban J connectivity index is 0.00000301. The van der Waals surface area contributed by atoms with E-state index in [0.717, 1.165) is 5.56 Å². The molecule has 0 spiro atoms. The van der Waals surface area contributed by atoms with Gasteiger partial charge < -0.3 is 24.6 Å². The van der Waals surface area contributed by atoms with Gasteiger partial charge in [-0.1, -0.05) is 44.2 Å². The van der Waals surface area contributed by atoms with Crippen LogP contribution in [0.15, 0.2) is 30.3 Å². The molecule has 2 atom stereocenters. The van der Waals surface area contributed by atoms with Crippen LogP contribution in [0.3, 0.4) is 0 Å². The molecule has 0 radical (unpaired) electrons. The van der Waals surface area contributed by atoms with Crippen LogP contribution in [0.4, 0.5) is 22.8 Å². The monoisotopic (exact) mass is 599 g/mol. The summed E-state index contributed by atoms with van der Waals surface area (Å²) in [4.78, 5) is 40.4. The number of carbonyl (C=O) groups is 3. The molecule has 1 N–H and O–H groups in total. The molecule has 8 nitrogen and oxygen atoms in total. The predicted octanol–water partition coefficient (Wildman–Crippen LogP) is 6.92. The molecule has 238 valence electrons. The van der Waals surface area contributed by atoms with Crippen molar-refractivity contribution < 1.29 is 37.0 Å². The number of likely N-dealkylation sites (tertiary alicyclic amines) is 2. The number of rotatable bonds is 7. The Morgan fingerprint density at radius 1 is 1.02 bits per heavy atom. The van der Waals surface area contributed by atoms with E-state index >= 15 is 0 Å². The standard InChI is InChI=1S/C29H42F3N3O5.C2H6/c1-27(2,3)40-26(38)35-18-21(17-28(35,4)5)11-12-23(33-24(36)29(30,31)32)22-13-15-34(16-14-22)25(37)39-19-20-9-7-6-8-10-20;1-2/h6-10,21-23H,11-19H2,1-5H3,(H,33,36);1-2H3. The van der Waals surface area contributed by atoms with E-state index in [1.54, 1.807) is 30.6 Å². The van der Waals surface area contributed by atoms with Gasteiger partial charge in [-0.25, -0.2) is 9.59 Å². The SMILES string of the molecule is CC.CC(C)(C)OC(=O)N1CC(CCC(NC(=O)C(F)(F)F)C2CCN(C(=O)OCc3ccccc3)CC2)CC1(C)C. The van der Waals surface area contributed by atoms with Gasteiger partial charge in [0.1, 0.15) is 12.2 Å². The van der Waals surface area contributed by atoms with Gasteiger partial charge in [0, 0.05) is 31.2 Å². The van der Waals surface area contributed by atoms with Gasteiger partial charge in [0.05, 0.1) is 0 Å². The summed E-state index contributed by atoms with van der Waals surface area (Å²) in [5.74, 6) is -2.12. The van der Waals surface area contributed by atoms with Crippen molar-refractivity contribution >= 4 is 18.1 Å². The molecule has 3 amide bonds. The largest absolute Gasteiger partial charge is 0.471 e. The molecule has 1 aromatic rings. The van der Waals surface area contributed by atoms with E-state index in [0.29, 0.717) is 51.7 Å². The van der Waals surface area contributed by atoms with Gasteiger partial charge in [-0.05, 0) is 84.1 Å². The third-order valence-corrected chi connectivity index (χ3v) is 7.61. The molecule has 0 aromatic heterocycles. The average Bonchev–Trinajstić information content (AvgIpc) is 3.24. The first-order valence-electron chi connectivity index (χ1n) is 14.9. The van der Waals surface area contributed by atoms with Crippen molar-refractivity contribution in [2.75, 3.05) is 19.6 Å². The van der Waals surface area contributed by atoms with Crippen LogP contribution in [0.2, 0.25) is 0 Å². The van der Waals surface area contributed by atoms with E-state index in [1.165, 1.54) is 0 Å². The Bertz CT molecular complexity index is 1020. The third-order valence-electron chi connectivity index (χ3n) is 7.61. The van der Waals surface area contributed by atoms with Crippen LogP contribution in [0.25, 0.3) is 0 Å². The Morgan fingerprint density at radius 3 is 2.17 bits per heavy atom. The number of amides is 3. The zero-order valence-corrected chi connectivity index (χ0v) is 26.1. The summed E-state index contributed by atoms with van der Waals surface area (Å²) in [6.07, 6.45) is -3.39. The molecule has 3 rings (SSSR count). The molecule has 2 aliphatic heterocycles. The smallest absolute Gasteiger partial charge is 0.445 e. The molecule has 2 unspecified atom stereocenters. The second-order valence-electron chi connectivity index (χ2n) is 12.5. The lowest BCUT2D eigenvalue weighted by Crippen LogP contribution is -2.50. The lowest BCUT2D eigenvalue weighted by molar-refractivity contribution is -0.175. The van der Waals surface area contributed by atoms with Crippen LogP contribution in [-0.4, -0.2) is 70.9 Å². The molecule has 2 aliphatic rings. The summed E-state index contributed by atoms with van der Waals surface area (Å²) in [7, 11) is 0. The second kappa shape index (κ2) is 15.0. The summed E-state index contributed by atoms with van der Waals surface area (Å²) in [5.41, 5.74) is -0.231. The van der Waals surface area contributed by atoms with Crippen LogP contribution >= 0.6 is 0 Å². The zero-order chi connectivity index (χ0) is 31.7. The fraction of sp³-hybridized carbons (Fsp3) is 0.710. The molecule has 42 heavy (non-hydrogen) atoms. The average molecular weight is 600 g/mol. The van der Waals surface area contributed by atoms with E-state index in [4.69, 9.17) is 9.47 Å². The number of nitrogens with zero attached hydrogens (tertiary/aromatic N) is 2. The number of hydrogen-bond acceptors (Lipinski definition) is 5. The molecule has 1 aromatic carbocycles. The van der Waals surface area contributed by atoms with E-state index in [-0.39, 0.29) is 18.4 Å². The highest BCUT2D eigenvalue weighted by molar-refractivity contribution is 5.82. The number of halogens is 3. The third kappa shape index (κ3) is 10.7. The summed E-state index contributed by atoms with van der Waals surface area (Å²) >= 11 is 0. The van der Waals surface area contributed by atoms with Gasteiger partial charge in [-0.2, -0.15) is 13.2 Å². The van der Waals surface area contributed by atoms with Gasteiger partial charge in [-0.3, -0.25) is 4.79 Å². The minimum Gasteiger partial charge on any atom is -0.445 e. The molecular formula is C31H48F3N3O5. The Morgan fingerprint density at radius 2 is 1.62 bits per heavy atom. The highest BCUT2D eigenvalue weighted by Crippen LogP contribution is 2.37. The van der Waals surface area contributed by atoms with Crippen molar-refractivity contribution in [2.45, 2.75) is 111 Å². The minimum absolute atomic E-state index is 0.0564. The van der Waals surface area contributed by atoms with Crippen LogP contribution < -0.4 is 5.32 Å². The van der Waals surface area contributed by atoms with Gasteiger partial charge in [0.25, 0.3) is 0 Å². The van der Waals surface area contributed by atoms with E-state index in [9.17, 15) is 27.6 Å². The van der Waals surface area contributed by atoms with E-state index in [1.807, 2.05) is 58.0 Å². The quantitative estimate of drug-likeness (QED) is 0.368. The maximum atomic E-state index is 13.1. The number of carbonyl (C=O) groups excluding carboxylic acids is 3. The number of ether oxygens (including phenoxy) is 2. The predicted molar refractivity (Wildman–Crippen MR) is 155 cm³/mol. The van der Waals surface area contributed by atoms with Crippen molar-refractivity contribution in [3.63, 3.8) is 0 Å². The first kappa shape index (κ1) is 35.2. The first-order chi connectivity index (χ1) is 19.5.